The molecule has 84 valence electrons. The largest absolute Gasteiger partial charge is 0.351 e. The van der Waals surface area contributed by atoms with Crippen molar-refractivity contribution in [3.8, 4) is 12.3 Å². The lowest BCUT2D eigenvalue weighted by Gasteiger charge is -2.10. The molecular formula is C9H9ClN4O2. The maximum Gasteiger partial charge on any atom is 0.348 e. The van der Waals surface area contributed by atoms with Gasteiger partial charge in [0.1, 0.15) is 6.33 Å². The molecule has 1 unspecified atom stereocenters. The second-order valence-electron chi connectivity index (χ2n) is 2.89. The summed E-state index contributed by atoms with van der Waals surface area (Å²) in [6, 6.07) is -0.329. The minimum Gasteiger partial charge on any atom is -0.351 e. The van der Waals surface area contributed by atoms with Gasteiger partial charge >= 0.3 is 5.69 Å². The Kier molecular flexibility index (Phi) is 4.03. The van der Waals surface area contributed by atoms with E-state index in [1.54, 1.807) is 0 Å². The van der Waals surface area contributed by atoms with Crippen LogP contribution in [0.15, 0.2) is 6.33 Å². The fourth-order valence-electron chi connectivity index (χ4n) is 1.05. The first kappa shape index (κ1) is 12.2. The van der Waals surface area contributed by atoms with Crippen molar-refractivity contribution in [3.63, 3.8) is 0 Å². The standard InChI is InChI=1S/C9H9ClN4O2/c1-3-6(4-2)13-9-7(14(15)16)8(10)11-5-12-9/h1,5-6H,4H2,2H3,(H,11,12,13). The van der Waals surface area contributed by atoms with Gasteiger partial charge in [0.25, 0.3) is 0 Å². The number of nitrogens with one attached hydrogen (secondary N) is 1. The van der Waals surface area contributed by atoms with Gasteiger partial charge in [0.05, 0.1) is 11.0 Å². The minimum atomic E-state index is -0.645. The highest BCUT2D eigenvalue weighted by atomic mass is 35.5. The predicted octanol–water partition coefficient (Wildman–Crippen LogP) is 1.86. The van der Waals surface area contributed by atoms with E-state index in [1.165, 1.54) is 0 Å². The molecule has 1 heterocycles. The van der Waals surface area contributed by atoms with Gasteiger partial charge in [-0.15, -0.1) is 6.42 Å². The molecule has 1 rings (SSSR count). The third-order valence-electron chi connectivity index (χ3n) is 1.88. The molecule has 0 aromatic carbocycles. The number of hydrogen-bond acceptors (Lipinski definition) is 5. The van der Waals surface area contributed by atoms with Crippen molar-refractivity contribution in [1.29, 1.82) is 0 Å². The first-order valence-corrected chi connectivity index (χ1v) is 4.85. The number of hydrogen-bond donors (Lipinski definition) is 1. The van der Waals surface area contributed by atoms with Crippen molar-refractivity contribution < 1.29 is 4.92 Å². The Hall–Kier alpha value is -1.87. The van der Waals surface area contributed by atoms with E-state index in [-0.39, 0.29) is 22.7 Å². The summed E-state index contributed by atoms with van der Waals surface area (Å²) in [5.74, 6) is 2.49. The van der Waals surface area contributed by atoms with Gasteiger partial charge in [-0.05, 0) is 6.42 Å². The van der Waals surface area contributed by atoms with Gasteiger partial charge in [0, 0.05) is 0 Å². The normalized spacial score (nSPS) is 11.6. The molecule has 0 bridgehead atoms. The van der Waals surface area contributed by atoms with E-state index in [9.17, 15) is 10.1 Å². The lowest BCUT2D eigenvalue weighted by molar-refractivity contribution is -0.384. The molecule has 0 amide bonds. The average molecular weight is 241 g/mol. The van der Waals surface area contributed by atoms with Crippen molar-refractivity contribution in [1.82, 2.24) is 9.97 Å². The molecule has 0 fully saturated rings. The van der Waals surface area contributed by atoms with E-state index >= 15 is 0 Å². The van der Waals surface area contributed by atoms with Crippen molar-refractivity contribution in [2.24, 2.45) is 0 Å². The van der Waals surface area contributed by atoms with E-state index < -0.39 is 4.92 Å². The molecular weight excluding hydrogens is 232 g/mol. The number of nitrogens with zero attached hydrogens (tertiary/aromatic N) is 3. The van der Waals surface area contributed by atoms with Crippen LogP contribution in [-0.4, -0.2) is 20.9 Å². The molecule has 0 radical (unpaired) electrons. The zero-order valence-electron chi connectivity index (χ0n) is 8.48. The third kappa shape index (κ3) is 2.58. The Balaban J connectivity index is 3.09. The van der Waals surface area contributed by atoms with Gasteiger partial charge in [-0.25, -0.2) is 9.97 Å². The van der Waals surface area contributed by atoms with E-state index in [0.29, 0.717) is 6.42 Å². The van der Waals surface area contributed by atoms with Crippen LogP contribution in [0.25, 0.3) is 0 Å². The highest BCUT2D eigenvalue weighted by Gasteiger charge is 2.22. The van der Waals surface area contributed by atoms with Gasteiger partial charge in [-0.3, -0.25) is 10.1 Å². The molecule has 1 N–H and O–H groups in total. The van der Waals surface area contributed by atoms with E-state index in [4.69, 9.17) is 18.0 Å². The molecule has 0 spiro atoms. The molecule has 1 aromatic rings. The molecule has 0 saturated heterocycles. The van der Waals surface area contributed by atoms with Gasteiger partial charge in [0.2, 0.25) is 11.0 Å². The molecule has 1 aromatic heterocycles. The summed E-state index contributed by atoms with van der Waals surface area (Å²) in [5, 5.41) is 13.3. The zero-order chi connectivity index (χ0) is 12.1. The maximum atomic E-state index is 10.8. The van der Waals surface area contributed by atoms with Crippen molar-refractivity contribution >= 4 is 23.1 Å². The Morgan fingerprint density at radius 1 is 1.75 bits per heavy atom. The van der Waals surface area contributed by atoms with Crippen LogP contribution in [0.3, 0.4) is 0 Å². The van der Waals surface area contributed by atoms with Crippen LogP contribution in [0.5, 0.6) is 0 Å². The van der Waals surface area contributed by atoms with Gasteiger partial charge in [-0.2, -0.15) is 0 Å². The fraction of sp³-hybridized carbons (Fsp3) is 0.333. The summed E-state index contributed by atoms with van der Waals surface area (Å²) >= 11 is 5.61. The van der Waals surface area contributed by atoms with Gasteiger partial charge in [0.15, 0.2) is 0 Å². The molecule has 0 aliphatic heterocycles. The number of aromatic nitrogens is 2. The van der Waals surface area contributed by atoms with Crippen LogP contribution < -0.4 is 5.32 Å². The lowest BCUT2D eigenvalue weighted by atomic mass is 10.2. The average Bonchev–Trinajstić information content (AvgIpc) is 2.25. The quantitative estimate of drug-likeness (QED) is 0.376. The highest BCUT2D eigenvalue weighted by molar-refractivity contribution is 6.31. The van der Waals surface area contributed by atoms with E-state index in [2.05, 4.69) is 21.2 Å². The summed E-state index contributed by atoms with van der Waals surface area (Å²) < 4.78 is 0. The first-order chi connectivity index (χ1) is 7.60. The predicted molar refractivity (Wildman–Crippen MR) is 60.2 cm³/mol. The van der Waals surface area contributed by atoms with E-state index in [0.717, 1.165) is 6.33 Å². The Morgan fingerprint density at radius 2 is 2.44 bits per heavy atom. The van der Waals surface area contributed by atoms with E-state index in [1.807, 2.05) is 6.92 Å². The lowest BCUT2D eigenvalue weighted by Crippen LogP contribution is -2.18. The first-order valence-electron chi connectivity index (χ1n) is 4.47. The van der Waals surface area contributed by atoms with Crippen molar-refractivity contribution in [2.75, 3.05) is 5.32 Å². The molecule has 0 saturated carbocycles. The summed E-state index contributed by atoms with van der Waals surface area (Å²) in [6.07, 6.45) is 7.00. The number of nitro groups is 1. The van der Waals surface area contributed by atoms with Gasteiger partial charge < -0.3 is 5.32 Å². The second kappa shape index (κ2) is 5.28. The fourth-order valence-corrected chi connectivity index (χ4v) is 1.25. The minimum absolute atomic E-state index is 0.0369. The van der Waals surface area contributed by atoms with Crippen molar-refractivity contribution in [3.05, 3.63) is 21.6 Å². The van der Waals surface area contributed by atoms with Crippen LogP contribution in [0.1, 0.15) is 13.3 Å². The molecule has 1 atom stereocenters. The number of terminal acetylenes is 1. The maximum absolute atomic E-state index is 10.8. The topological polar surface area (TPSA) is 81.0 Å². The van der Waals surface area contributed by atoms with Gasteiger partial charge in [-0.1, -0.05) is 24.4 Å². The summed E-state index contributed by atoms with van der Waals surface area (Å²) in [4.78, 5) is 17.4. The smallest absolute Gasteiger partial charge is 0.348 e. The molecule has 7 heteroatoms. The van der Waals surface area contributed by atoms with Crippen LogP contribution in [0.2, 0.25) is 5.15 Å². The number of anilines is 1. The summed E-state index contributed by atoms with van der Waals surface area (Å²) in [6.45, 7) is 1.85. The molecule has 16 heavy (non-hydrogen) atoms. The third-order valence-corrected chi connectivity index (χ3v) is 2.16. The van der Waals surface area contributed by atoms with Crippen LogP contribution in [-0.2, 0) is 0 Å². The second-order valence-corrected chi connectivity index (χ2v) is 3.25. The Labute approximate surface area is 97.2 Å². The summed E-state index contributed by atoms with van der Waals surface area (Å²) in [7, 11) is 0. The van der Waals surface area contributed by atoms with Crippen molar-refractivity contribution in [2.45, 2.75) is 19.4 Å². The van der Waals surface area contributed by atoms with Crippen LogP contribution >= 0.6 is 11.6 Å². The molecule has 0 aliphatic rings. The highest BCUT2D eigenvalue weighted by Crippen LogP contribution is 2.28. The molecule has 0 aliphatic carbocycles. The monoisotopic (exact) mass is 240 g/mol. The number of halogens is 1. The number of rotatable bonds is 4. The Bertz CT molecular complexity index is 444. The van der Waals surface area contributed by atoms with Crippen LogP contribution in [0.4, 0.5) is 11.5 Å². The SMILES string of the molecule is C#CC(CC)Nc1ncnc(Cl)c1[N+](=O)[O-]. The zero-order valence-corrected chi connectivity index (χ0v) is 9.23. The van der Waals surface area contributed by atoms with Crippen LogP contribution in [0, 0.1) is 22.5 Å². The molecule has 6 nitrogen and oxygen atoms in total. The Morgan fingerprint density at radius 3 is 2.94 bits per heavy atom. The summed E-state index contributed by atoms with van der Waals surface area (Å²) in [5.41, 5.74) is -0.363.